The summed E-state index contributed by atoms with van der Waals surface area (Å²) in [4.78, 5) is 49.5. The summed E-state index contributed by atoms with van der Waals surface area (Å²) in [6, 6.07) is 11.5. The Labute approximate surface area is 160 Å². The number of ketones is 1. The first kappa shape index (κ1) is 19.2. The van der Waals surface area contributed by atoms with Crippen LogP contribution in [-0.2, 0) is 19.1 Å². The number of nitrogens with zero attached hydrogens (tertiary/aromatic N) is 2. The van der Waals surface area contributed by atoms with Gasteiger partial charge in [-0.05, 0) is 31.5 Å². The lowest BCUT2D eigenvalue weighted by molar-refractivity contribution is -0.384. The number of nitro groups is 1. The Bertz CT molecular complexity index is 936. The molecule has 8 heteroatoms. The van der Waals surface area contributed by atoms with Crippen molar-refractivity contribution in [3.63, 3.8) is 0 Å². The Morgan fingerprint density at radius 3 is 2.25 bits per heavy atom. The summed E-state index contributed by atoms with van der Waals surface area (Å²) < 4.78 is 5.01. The van der Waals surface area contributed by atoms with E-state index in [0.717, 1.165) is 5.56 Å². The Balaban J connectivity index is 2.11. The summed E-state index contributed by atoms with van der Waals surface area (Å²) in [6.07, 6.45) is 0. The molecule has 1 fully saturated rings. The average Bonchev–Trinajstić information content (AvgIpc) is 2.94. The molecule has 0 aliphatic carbocycles. The van der Waals surface area contributed by atoms with Gasteiger partial charge in [-0.3, -0.25) is 29.4 Å². The van der Waals surface area contributed by atoms with Crippen molar-refractivity contribution in [2.24, 2.45) is 5.92 Å². The minimum Gasteiger partial charge on any atom is -0.465 e. The van der Waals surface area contributed by atoms with E-state index in [1.54, 1.807) is 31.2 Å². The molecule has 1 aliphatic rings. The molecule has 1 saturated heterocycles. The van der Waals surface area contributed by atoms with Crippen LogP contribution in [0.3, 0.4) is 0 Å². The molecule has 0 spiro atoms. The quantitative estimate of drug-likeness (QED) is 0.259. The van der Waals surface area contributed by atoms with Gasteiger partial charge in [-0.15, -0.1) is 0 Å². The third-order valence-electron chi connectivity index (χ3n) is 4.60. The lowest BCUT2D eigenvalue weighted by Crippen LogP contribution is -2.31. The number of ether oxygens (including phenoxy) is 1. The van der Waals surface area contributed by atoms with Crippen molar-refractivity contribution in [2.75, 3.05) is 11.5 Å². The number of carbonyl (C=O) groups is 3. The number of carbonyl (C=O) groups excluding carboxylic acids is 3. The third kappa shape index (κ3) is 3.36. The number of aryl methyl sites for hydroxylation is 1. The number of anilines is 1. The fourth-order valence-electron chi connectivity index (χ4n) is 3.26. The summed E-state index contributed by atoms with van der Waals surface area (Å²) in [5.41, 5.74) is 1.73. The van der Waals surface area contributed by atoms with Crippen molar-refractivity contribution in [3.05, 3.63) is 69.8 Å². The molecule has 2 aromatic rings. The maximum Gasteiger partial charge on any atom is 0.319 e. The van der Waals surface area contributed by atoms with Crippen molar-refractivity contribution in [1.29, 1.82) is 0 Å². The molecule has 0 bridgehead atoms. The monoisotopic (exact) mass is 382 g/mol. The molecule has 0 N–H and O–H groups in total. The van der Waals surface area contributed by atoms with Crippen LogP contribution in [0.15, 0.2) is 48.5 Å². The lowest BCUT2D eigenvalue weighted by atomic mass is 9.92. The second-order valence-corrected chi connectivity index (χ2v) is 6.40. The van der Waals surface area contributed by atoms with E-state index in [9.17, 15) is 24.5 Å². The normalized spacial score (nSPS) is 19.0. The van der Waals surface area contributed by atoms with Gasteiger partial charge in [0.2, 0.25) is 5.78 Å². The molecule has 1 amide bonds. The van der Waals surface area contributed by atoms with Gasteiger partial charge in [0.15, 0.2) is 0 Å². The van der Waals surface area contributed by atoms with Gasteiger partial charge < -0.3 is 4.74 Å². The molecule has 1 aliphatic heterocycles. The van der Waals surface area contributed by atoms with Crippen LogP contribution in [0.25, 0.3) is 0 Å². The minimum absolute atomic E-state index is 0.0638. The number of benzene rings is 2. The molecule has 2 aromatic carbocycles. The first-order valence-electron chi connectivity index (χ1n) is 8.70. The molecule has 0 radical (unpaired) electrons. The molecule has 2 atom stereocenters. The third-order valence-corrected chi connectivity index (χ3v) is 4.60. The molecule has 0 saturated carbocycles. The summed E-state index contributed by atoms with van der Waals surface area (Å²) >= 11 is 0. The summed E-state index contributed by atoms with van der Waals surface area (Å²) in [5, 5.41) is 10.9. The predicted molar refractivity (Wildman–Crippen MR) is 99.6 cm³/mol. The highest BCUT2D eigenvalue weighted by Gasteiger charge is 2.53. The van der Waals surface area contributed by atoms with Crippen LogP contribution in [0.1, 0.15) is 24.1 Å². The SMILES string of the molecule is CCOC(=O)[C@@H]1C(=O)C(=O)N(c2ccc(C)cc2)[C@@H]1c1ccc([N+](=O)[O-])cc1. The molecule has 0 aromatic heterocycles. The van der Waals surface area contributed by atoms with Gasteiger partial charge >= 0.3 is 5.97 Å². The molecule has 1 heterocycles. The van der Waals surface area contributed by atoms with Crippen LogP contribution >= 0.6 is 0 Å². The molecular weight excluding hydrogens is 364 g/mol. The van der Waals surface area contributed by atoms with Crippen molar-refractivity contribution in [2.45, 2.75) is 19.9 Å². The van der Waals surface area contributed by atoms with Crippen molar-refractivity contribution < 1.29 is 24.0 Å². The number of hydrogen-bond donors (Lipinski definition) is 0. The first-order valence-corrected chi connectivity index (χ1v) is 8.70. The van der Waals surface area contributed by atoms with Crippen LogP contribution < -0.4 is 4.90 Å². The van der Waals surface area contributed by atoms with Gasteiger partial charge in [0.25, 0.3) is 11.6 Å². The van der Waals surface area contributed by atoms with Crippen molar-refractivity contribution >= 4 is 29.0 Å². The van der Waals surface area contributed by atoms with E-state index in [4.69, 9.17) is 4.74 Å². The van der Waals surface area contributed by atoms with Gasteiger partial charge in [-0.1, -0.05) is 29.8 Å². The van der Waals surface area contributed by atoms with Gasteiger partial charge in [0, 0.05) is 17.8 Å². The Morgan fingerprint density at radius 1 is 1.11 bits per heavy atom. The number of hydrogen-bond acceptors (Lipinski definition) is 6. The number of amides is 1. The molecule has 0 unspecified atom stereocenters. The van der Waals surface area contributed by atoms with Crippen LogP contribution in [0.2, 0.25) is 0 Å². The smallest absolute Gasteiger partial charge is 0.319 e. The highest BCUT2D eigenvalue weighted by atomic mass is 16.6. The molecule has 3 rings (SSSR count). The number of esters is 1. The predicted octanol–water partition coefficient (Wildman–Crippen LogP) is 2.74. The van der Waals surface area contributed by atoms with Gasteiger partial charge in [0.1, 0.15) is 5.92 Å². The topological polar surface area (TPSA) is 107 Å². The van der Waals surface area contributed by atoms with Crippen LogP contribution in [0, 0.1) is 23.0 Å². The average molecular weight is 382 g/mol. The summed E-state index contributed by atoms with van der Waals surface area (Å²) in [5.74, 6) is -3.80. The minimum atomic E-state index is -1.34. The van der Waals surface area contributed by atoms with Crippen molar-refractivity contribution in [3.8, 4) is 0 Å². The molecule has 28 heavy (non-hydrogen) atoms. The van der Waals surface area contributed by atoms with E-state index in [0.29, 0.717) is 11.3 Å². The van der Waals surface area contributed by atoms with Crippen LogP contribution in [-0.4, -0.2) is 29.2 Å². The van der Waals surface area contributed by atoms with E-state index in [1.807, 2.05) is 6.92 Å². The second kappa shape index (κ2) is 7.59. The number of nitro benzene ring substituents is 1. The Morgan fingerprint density at radius 2 is 1.71 bits per heavy atom. The largest absolute Gasteiger partial charge is 0.465 e. The Kier molecular flexibility index (Phi) is 5.21. The maximum absolute atomic E-state index is 12.7. The van der Waals surface area contributed by atoms with E-state index < -0.39 is 34.5 Å². The highest BCUT2D eigenvalue weighted by Crippen LogP contribution is 2.40. The zero-order valence-corrected chi connectivity index (χ0v) is 15.3. The lowest BCUT2D eigenvalue weighted by Gasteiger charge is -2.27. The zero-order chi connectivity index (χ0) is 20.4. The van der Waals surface area contributed by atoms with Gasteiger partial charge in [-0.25, -0.2) is 0 Å². The van der Waals surface area contributed by atoms with Crippen LogP contribution in [0.5, 0.6) is 0 Å². The summed E-state index contributed by atoms with van der Waals surface area (Å²) in [7, 11) is 0. The van der Waals surface area contributed by atoms with E-state index in [-0.39, 0.29) is 12.3 Å². The number of Topliss-reactive ketones (excluding diaryl/α,β-unsaturated/α-hetero) is 1. The van der Waals surface area contributed by atoms with Gasteiger partial charge in [0.05, 0.1) is 17.6 Å². The Hall–Kier alpha value is -3.55. The standard InChI is InChI=1S/C20H18N2O6/c1-3-28-20(25)16-17(13-6-10-15(11-7-13)22(26)27)21(19(24)18(16)23)14-8-4-12(2)5-9-14/h4-11,16-17H,3H2,1-2H3/t16-,17+/m0/s1. The van der Waals surface area contributed by atoms with E-state index in [1.165, 1.54) is 29.2 Å². The summed E-state index contributed by atoms with van der Waals surface area (Å²) in [6.45, 7) is 3.56. The maximum atomic E-state index is 12.7. The van der Waals surface area contributed by atoms with E-state index >= 15 is 0 Å². The van der Waals surface area contributed by atoms with Crippen LogP contribution in [0.4, 0.5) is 11.4 Å². The highest BCUT2D eigenvalue weighted by molar-refractivity contribution is 6.47. The number of non-ortho nitro benzene ring substituents is 1. The zero-order valence-electron chi connectivity index (χ0n) is 15.3. The fraction of sp³-hybridized carbons (Fsp3) is 0.250. The molecule has 8 nitrogen and oxygen atoms in total. The van der Waals surface area contributed by atoms with E-state index in [2.05, 4.69) is 0 Å². The number of rotatable bonds is 5. The first-order chi connectivity index (χ1) is 13.3. The van der Waals surface area contributed by atoms with Crippen molar-refractivity contribution in [1.82, 2.24) is 0 Å². The van der Waals surface area contributed by atoms with Gasteiger partial charge in [-0.2, -0.15) is 0 Å². The molecule has 144 valence electrons. The second-order valence-electron chi connectivity index (χ2n) is 6.40. The fourth-order valence-corrected chi connectivity index (χ4v) is 3.26. The molecular formula is C20H18N2O6.